The molecule has 2 nitrogen and oxygen atoms in total. The Hall–Kier alpha value is -1.42. The molecule has 0 saturated heterocycles. The monoisotopic (exact) mass is 368 g/mol. The summed E-state index contributed by atoms with van der Waals surface area (Å²) in [6, 6.07) is 20.6. The highest BCUT2D eigenvalue weighted by Crippen LogP contribution is 2.45. The van der Waals surface area contributed by atoms with E-state index in [0.29, 0.717) is 18.4 Å². The first-order chi connectivity index (χ1) is 12.5. The Bertz CT molecular complexity index is 636. The lowest BCUT2D eigenvalue weighted by atomic mass is 9.78. The number of aliphatic hydroxyl groups excluding tert-OH is 1. The molecule has 2 aromatic carbocycles. The smallest absolute Gasteiger partial charge is 0.258 e. The van der Waals surface area contributed by atoms with E-state index in [2.05, 4.69) is 38.1 Å². The molecule has 0 amide bonds. The summed E-state index contributed by atoms with van der Waals surface area (Å²) in [6.07, 6.45) is 5.62. The van der Waals surface area contributed by atoms with Gasteiger partial charge in [0.1, 0.15) is 0 Å². The average molecular weight is 369 g/mol. The van der Waals surface area contributed by atoms with Crippen molar-refractivity contribution in [1.29, 1.82) is 0 Å². The van der Waals surface area contributed by atoms with E-state index >= 15 is 0 Å². The first kappa shape index (κ1) is 19.3. The molecule has 0 heterocycles. The maximum Gasteiger partial charge on any atom is 0.258 e. The van der Waals surface area contributed by atoms with E-state index in [4.69, 9.17) is 0 Å². The van der Waals surface area contributed by atoms with Crippen LogP contribution in [-0.2, 0) is 0 Å². The molecule has 2 aromatic rings. The van der Waals surface area contributed by atoms with Gasteiger partial charge in [-0.1, -0.05) is 87.4 Å². The van der Waals surface area contributed by atoms with E-state index in [9.17, 15) is 9.90 Å². The van der Waals surface area contributed by atoms with Gasteiger partial charge in [0, 0.05) is 6.61 Å². The van der Waals surface area contributed by atoms with Gasteiger partial charge in [0.05, 0.1) is 0 Å². The maximum absolute atomic E-state index is 12.2. The molecule has 0 spiro atoms. The fourth-order valence-corrected chi connectivity index (χ4v) is 8.62. The van der Waals surface area contributed by atoms with Crippen LogP contribution in [0.4, 0.5) is 0 Å². The van der Waals surface area contributed by atoms with Crippen molar-refractivity contribution >= 4 is 18.7 Å². The van der Waals surface area contributed by atoms with Crippen LogP contribution in [0.5, 0.6) is 0 Å². The van der Waals surface area contributed by atoms with Crippen molar-refractivity contribution in [3.63, 3.8) is 0 Å². The summed E-state index contributed by atoms with van der Waals surface area (Å²) in [5.41, 5.74) is 0. The second kappa shape index (κ2) is 8.08. The summed E-state index contributed by atoms with van der Waals surface area (Å²) in [6.45, 7) is 4.84. The number of hydrogen-bond acceptors (Lipinski definition) is 2. The first-order valence-corrected chi connectivity index (χ1v) is 11.9. The largest absolute Gasteiger partial charge is 0.424 e. The summed E-state index contributed by atoms with van der Waals surface area (Å²) in [4.78, 5) is 12.2. The zero-order valence-corrected chi connectivity index (χ0v) is 17.1. The summed E-state index contributed by atoms with van der Waals surface area (Å²) < 4.78 is 0. The van der Waals surface area contributed by atoms with Crippen molar-refractivity contribution in [3.05, 3.63) is 60.7 Å². The predicted molar refractivity (Wildman–Crippen MR) is 111 cm³/mol. The van der Waals surface area contributed by atoms with Crippen LogP contribution in [0.25, 0.3) is 0 Å². The van der Waals surface area contributed by atoms with E-state index in [-0.39, 0.29) is 5.04 Å². The fraction of sp³-hybridized carbons (Fsp3) is 0.478. The highest BCUT2D eigenvalue weighted by Gasteiger charge is 2.50. The molecule has 1 saturated carbocycles. The van der Waals surface area contributed by atoms with Gasteiger partial charge in [-0.05, 0) is 46.5 Å². The normalized spacial score (nSPS) is 21.5. The Morgan fingerprint density at radius 3 is 1.65 bits per heavy atom. The molecule has 2 N–H and O–H groups in total. The molecule has 0 bridgehead atoms. The SMILES string of the molecule is CC(C)(C[C@H]1CC[C@@H](CO)CC1)[Si](O)(c1ccccc1)c1ccccc1. The Kier molecular flexibility index (Phi) is 6.01. The third-order valence-corrected chi connectivity index (χ3v) is 10.9. The maximum atomic E-state index is 12.2. The van der Waals surface area contributed by atoms with Crippen LogP contribution < -0.4 is 10.4 Å². The molecule has 0 radical (unpaired) electrons. The minimum absolute atomic E-state index is 0.160. The second-order valence-corrected chi connectivity index (χ2v) is 12.5. The topological polar surface area (TPSA) is 40.5 Å². The molecule has 1 aliphatic rings. The van der Waals surface area contributed by atoms with Crippen molar-refractivity contribution in [1.82, 2.24) is 0 Å². The van der Waals surface area contributed by atoms with Crippen molar-refractivity contribution in [2.45, 2.75) is 51.0 Å². The van der Waals surface area contributed by atoms with E-state index in [1.54, 1.807) is 0 Å². The van der Waals surface area contributed by atoms with Crippen molar-refractivity contribution in [3.8, 4) is 0 Å². The molecule has 1 fully saturated rings. The van der Waals surface area contributed by atoms with Crippen LogP contribution in [0, 0.1) is 11.8 Å². The number of benzene rings is 2. The number of aliphatic hydroxyl groups is 1. The number of hydrogen-bond donors (Lipinski definition) is 2. The molecule has 26 heavy (non-hydrogen) atoms. The summed E-state index contributed by atoms with van der Waals surface area (Å²) in [5, 5.41) is 11.4. The Morgan fingerprint density at radius 1 is 0.808 bits per heavy atom. The highest BCUT2D eigenvalue weighted by molar-refractivity contribution is 6.98. The molecule has 1 aliphatic carbocycles. The minimum Gasteiger partial charge on any atom is -0.424 e. The van der Waals surface area contributed by atoms with Crippen molar-refractivity contribution in [2.75, 3.05) is 6.61 Å². The molecule has 0 atom stereocenters. The lowest BCUT2D eigenvalue weighted by molar-refractivity contribution is 0.159. The van der Waals surface area contributed by atoms with Crippen LogP contribution in [0.15, 0.2) is 60.7 Å². The van der Waals surface area contributed by atoms with E-state index in [0.717, 1.165) is 29.6 Å². The summed E-state index contributed by atoms with van der Waals surface area (Å²) >= 11 is 0. The van der Waals surface area contributed by atoms with Crippen molar-refractivity contribution < 1.29 is 9.90 Å². The fourth-order valence-electron chi connectivity index (χ4n) is 4.79. The summed E-state index contributed by atoms with van der Waals surface area (Å²) in [7, 11) is -2.89. The molecular formula is C23H32O2Si. The number of rotatable bonds is 6. The third kappa shape index (κ3) is 3.80. The van der Waals surface area contributed by atoms with Gasteiger partial charge < -0.3 is 9.90 Å². The van der Waals surface area contributed by atoms with Gasteiger partial charge in [0.15, 0.2) is 0 Å². The molecule has 3 heteroatoms. The van der Waals surface area contributed by atoms with Crippen LogP contribution in [-0.4, -0.2) is 24.8 Å². The van der Waals surface area contributed by atoms with E-state index in [1.807, 2.05) is 36.4 Å². The zero-order valence-electron chi connectivity index (χ0n) is 16.1. The highest BCUT2D eigenvalue weighted by atomic mass is 28.4. The lowest BCUT2D eigenvalue weighted by Crippen LogP contribution is -2.65. The zero-order chi connectivity index (χ0) is 18.6. The first-order valence-electron chi connectivity index (χ1n) is 9.91. The van der Waals surface area contributed by atoms with Crippen molar-refractivity contribution in [2.24, 2.45) is 11.8 Å². The molecule has 140 valence electrons. The Balaban J connectivity index is 1.91. The van der Waals surface area contributed by atoms with Crippen LogP contribution in [0.2, 0.25) is 5.04 Å². The van der Waals surface area contributed by atoms with E-state index < -0.39 is 8.32 Å². The molecule has 3 rings (SSSR count). The van der Waals surface area contributed by atoms with Gasteiger partial charge in [0.25, 0.3) is 8.32 Å². The van der Waals surface area contributed by atoms with Gasteiger partial charge in [-0.15, -0.1) is 0 Å². The van der Waals surface area contributed by atoms with Gasteiger partial charge in [0.2, 0.25) is 0 Å². The molecule has 0 unspecified atom stereocenters. The van der Waals surface area contributed by atoms with E-state index in [1.165, 1.54) is 12.8 Å². The lowest BCUT2D eigenvalue weighted by Gasteiger charge is -2.44. The predicted octanol–water partition coefficient (Wildman–Crippen LogP) is 3.71. The molecule has 0 aromatic heterocycles. The minimum atomic E-state index is -2.89. The quantitative estimate of drug-likeness (QED) is 0.763. The molecule has 0 aliphatic heterocycles. The third-order valence-electron chi connectivity index (χ3n) is 6.39. The molecular weight excluding hydrogens is 336 g/mol. The van der Waals surface area contributed by atoms with Gasteiger partial charge in [-0.25, -0.2) is 0 Å². The Labute approximate surface area is 159 Å². The second-order valence-electron chi connectivity index (χ2n) is 8.60. The van der Waals surface area contributed by atoms with Crippen LogP contribution >= 0.6 is 0 Å². The van der Waals surface area contributed by atoms with Gasteiger partial charge >= 0.3 is 0 Å². The summed E-state index contributed by atoms with van der Waals surface area (Å²) in [5.74, 6) is 1.12. The Morgan fingerprint density at radius 2 is 1.23 bits per heavy atom. The average Bonchev–Trinajstić information content (AvgIpc) is 2.69. The van der Waals surface area contributed by atoms with Crippen LogP contribution in [0.1, 0.15) is 46.0 Å². The van der Waals surface area contributed by atoms with Crippen LogP contribution in [0.3, 0.4) is 0 Å². The standard InChI is InChI=1S/C23H32O2Si/c1-23(2,17-19-13-15-20(18-24)16-14-19)26(25,21-9-5-3-6-10-21)22-11-7-4-8-12-22/h3-12,19-20,24-25H,13-18H2,1-2H3/t19-,20+. The van der Waals surface area contributed by atoms with Gasteiger partial charge in [-0.3, -0.25) is 0 Å². The van der Waals surface area contributed by atoms with Gasteiger partial charge in [-0.2, -0.15) is 0 Å².